The van der Waals surface area contributed by atoms with Crippen LogP contribution >= 0.6 is 18.9 Å². The summed E-state index contributed by atoms with van der Waals surface area (Å²) in [7, 11) is -4.12. The Morgan fingerprint density at radius 2 is 2.27 bits per heavy atom. The molecule has 2 rings (SSSR count). The third kappa shape index (κ3) is 2.37. The fourth-order valence-electron chi connectivity index (χ4n) is 1.19. The maximum absolute atomic E-state index is 12.1. The lowest BCUT2D eigenvalue weighted by atomic mass is 10.2. The minimum atomic E-state index is -4.12. The molecule has 1 N–H and O–H groups in total. The average molecular weight is 246 g/mol. The summed E-state index contributed by atoms with van der Waals surface area (Å²) in [4.78, 5) is 8.96. The molecule has 0 fully saturated rings. The largest absolute Gasteiger partial charge is 0.423 e. The van der Waals surface area contributed by atoms with Gasteiger partial charge in [0.1, 0.15) is 5.75 Å². The summed E-state index contributed by atoms with van der Waals surface area (Å²) in [5, 5.41) is 2.82. The highest BCUT2D eigenvalue weighted by atomic mass is 32.1. The van der Waals surface area contributed by atoms with Crippen LogP contribution < -0.4 is 4.52 Å². The van der Waals surface area contributed by atoms with Crippen molar-refractivity contribution in [1.29, 1.82) is 0 Å². The summed E-state index contributed by atoms with van der Waals surface area (Å²) in [6, 6.07) is 6.81. The Morgan fingerprint density at radius 1 is 1.47 bits per heavy atom. The molecule has 1 aromatic heterocycles. The molecule has 2 aromatic rings. The first-order valence-corrected chi connectivity index (χ1v) is 6.80. The summed E-state index contributed by atoms with van der Waals surface area (Å²) >= 11 is 1.56. The van der Waals surface area contributed by atoms with Crippen molar-refractivity contribution in [3.8, 4) is 5.75 Å². The van der Waals surface area contributed by atoms with E-state index in [4.69, 9.17) is 4.89 Å². The van der Waals surface area contributed by atoms with Gasteiger partial charge in [-0.1, -0.05) is 0 Å². The van der Waals surface area contributed by atoms with E-state index < -0.39 is 14.0 Å². The number of hydrogen-bond donors (Lipinski definition) is 1. The van der Waals surface area contributed by atoms with Crippen LogP contribution in [-0.4, -0.2) is 11.3 Å². The zero-order valence-corrected chi connectivity index (χ0v) is 9.30. The van der Waals surface area contributed by atoms with Gasteiger partial charge in [0.2, 0.25) is 6.42 Å². The van der Waals surface area contributed by atoms with Crippen molar-refractivity contribution in [1.82, 2.24) is 0 Å². The van der Waals surface area contributed by atoms with Crippen molar-refractivity contribution < 1.29 is 18.4 Å². The molecule has 0 amide bonds. The Morgan fingerprint density at radius 3 is 3.00 bits per heavy atom. The molecule has 1 atom stereocenters. The van der Waals surface area contributed by atoms with Crippen LogP contribution in [0.15, 0.2) is 29.6 Å². The van der Waals surface area contributed by atoms with Gasteiger partial charge < -0.3 is 9.42 Å². The molecule has 0 aliphatic rings. The minimum absolute atomic E-state index is 0.212. The highest BCUT2D eigenvalue weighted by Gasteiger charge is 2.20. The Labute approximate surface area is 89.7 Å². The molecule has 0 spiro atoms. The number of thiophene rings is 1. The minimum Gasteiger partial charge on any atom is -0.423 e. The number of rotatable bonds is 3. The Bertz CT molecular complexity index is 525. The van der Waals surface area contributed by atoms with E-state index in [-0.39, 0.29) is 5.75 Å². The van der Waals surface area contributed by atoms with E-state index in [1.54, 1.807) is 29.5 Å². The van der Waals surface area contributed by atoms with Gasteiger partial charge in [0, 0.05) is 4.70 Å². The molecule has 0 saturated heterocycles. The molecule has 6 heteroatoms. The van der Waals surface area contributed by atoms with Gasteiger partial charge in [-0.05, 0) is 35.0 Å². The summed E-state index contributed by atoms with van der Waals surface area (Å²) in [5.74, 6) is 0.212. The van der Waals surface area contributed by atoms with E-state index in [0.717, 1.165) is 10.1 Å². The number of fused-ring (bicyclic) bond motifs is 1. The first-order valence-electron chi connectivity index (χ1n) is 4.15. The van der Waals surface area contributed by atoms with E-state index in [0.29, 0.717) is 0 Å². The molecule has 80 valence electrons. The monoisotopic (exact) mass is 246 g/mol. The van der Waals surface area contributed by atoms with Crippen LogP contribution in [0.5, 0.6) is 5.75 Å². The smallest absolute Gasteiger partial charge is 0.407 e. The third-order valence-corrected chi connectivity index (χ3v) is 3.52. The van der Waals surface area contributed by atoms with E-state index in [9.17, 15) is 8.96 Å². The predicted molar refractivity (Wildman–Crippen MR) is 58.3 cm³/mol. The predicted octanol–water partition coefficient (Wildman–Crippen LogP) is 3.39. The SMILES string of the molecule is O=P(O)(CF)Oc1ccc2sccc2c1. The highest BCUT2D eigenvalue weighted by Crippen LogP contribution is 2.43. The molecular formula is C9H8FO3PS. The topological polar surface area (TPSA) is 46.5 Å². The van der Waals surface area contributed by atoms with Crippen LogP contribution in [0.25, 0.3) is 10.1 Å². The van der Waals surface area contributed by atoms with Gasteiger partial charge in [0.15, 0.2) is 0 Å². The first kappa shape index (κ1) is 10.6. The fraction of sp³-hybridized carbons (Fsp3) is 0.111. The van der Waals surface area contributed by atoms with Crippen molar-refractivity contribution in [3.05, 3.63) is 29.6 Å². The van der Waals surface area contributed by atoms with Crippen molar-refractivity contribution >= 4 is 29.0 Å². The van der Waals surface area contributed by atoms with E-state index >= 15 is 0 Å². The zero-order chi connectivity index (χ0) is 10.9. The molecule has 0 saturated carbocycles. The first-order chi connectivity index (χ1) is 7.11. The van der Waals surface area contributed by atoms with Gasteiger partial charge in [0.25, 0.3) is 0 Å². The summed E-state index contributed by atoms with van der Waals surface area (Å²) < 4.78 is 28.8. The Kier molecular flexibility index (Phi) is 2.78. The van der Waals surface area contributed by atoms with Gasteiger partial charge in [0.05, 0.1) is 0 Å². The van der Waals surface area contributed by atoms with Gasteiger partial charge in [-0.3, -0.25) is 0 Å². The van der Waals surface area contributed by atoms with Gasteiger partial charge in [-0.2, -0.15) is 0 Å². The average Bonchev–Trinajstić information content (AvgIpc) is 2.64. The van der Waals surface area contributed by atoms with Crippen LogP contribution in [0, 0.1) is 0 Å². The number of hydrogen-bond acceptors (Lipinski definition) is 3. The highest BCUT2D eigenvalue weighted by molar-refractivity contribution is 7.53. The third-order valence-electron chi connectivity index (χ3n) is 1.82. The maximum Gasteiger partial charge on any atom is 0.407 e. The molecule has 0 radical (unpaired) electrons. The van der Waals surface area contributed by atoms with Crippen molar-refractivity contribution in [2.45, 2.75) is 0 Å². The fourth-order valence-corrected chi connectivity index (χ4v) is 2.45. The van der Waals surface area contributed by atoms with Gasteiger partial charge in [-0.15, -0.1) is 11.3 Å². The van der Waals surface area contributed by atoms with Gasteiger partial charge in [-0.25, -0.2) is 8.96 Å². The molecule has 15 heavy (non-hydrogen) atoms. The molecule has 1 unspecified atom stereocenters. The lowest BCUT2D eigenvalue weighted by Gasteiger charge is -2.09. The van der Waals surface area contributed by atoms with Crippen molar-refractivity contribution in [3.63, 3.8) is 0 Å². The normalized spacial score (nSPS) is 15.1. The molecule has 0 bridgehead atoms. The lowest BCUT2D eigenvalue weighted by Crippen LogP contribution is -1.92. The summed E-state index contributed by atoms with van der Waals surface area (Å²) in [5.41, 5.74) is 0. The second-order valence-corrected chi connectivity index (χ2v) is 5.61. The molecule has 0 aliphatic heterocycles. The quantitative estimate of drug-likeness (QED) is 0.844. The second kappa shape index (κ2) is 3.93. The van der Waals surface area contributed by atoms with E-state index in [1.165, 1.54) is 0 Å². The molecule has 1 aromatic carbocycles. The standard InChI is InChI=1S/C9H8FO3PS/c10-6-14(11,12)13-8-1-2-9-7(5-8)3-4-15-9/h1-5H,6H2,(H,11,12). The maximum atomic E-state index is 12.1. The zero-order valence-electron chi connectivity index (χ0n) is 7.59. The van der Waals surface area contributed by atoms with E-state index in [1.807, 2.05) is 11.4 Å². The lowest BCUT2D eigenvalue weighted by molar-refractivity contribution is 0.355. The molecule has 1 heterocycles. The van der Waals surface area contributed by atoms with Crippen LogP contribution in [0.3, 0.4) is 0 Å². The molecule has 0 aliphatic carbocycles. The number of alkyl halides is 1. The van der Waals surface area contributed by atoms with Crippen LogP contribution in [-0.2, 0) is 4.57 Å². The Hall–Kier alpha value is -0.900. The van der Waals surface area contributed by atoms with Crippen molar-refractivity contribution in [2.24, 2.45) is 0 Å². The van der Waals surface area contributed by atoms with Gasteiger partial charge >= 0.3 is 7.60 Å². The number of benzene rings is 1. The van der Waals surface area contributed by atoms with Crippen LogP contribution in [0.1, 0.15) is 0 Å². The molecular weight excluding hydrogens is 238 g/mol. The molecule has 3 nitrogen and oxygen atoms in total. The Balaban J connectivity index is 2.32. The second-order valence-electron chi connectivity index (χ2n) is 2.97. The van der Waals surface area contributed by atoms with Crippen LogP contribution in [0.4, 0.5) is 4.39 Å². The number of halogens is 1. The van der Waals surface area contributed by atoms with Crippen molar-refractivity contribution in [2.75, 3.05) is 6.42 Å². The summed E-state index contributed by atoms with van der Waals surface area (Å²) in [6.45, 7) is 0. The van der Waals surface area contributed by atoms with E-state index in [2.05, 4.69) is 4.52 Å². The van der Waals surface area contributed by atoms with Crippen LogP contribution in [0.2, 0.25) is 0 Å². The summed E-state index contributed by atoms with van der Waals surface area (Å²) in [6.07, 6.45) is -1.38.